The molecule has 2 aromatic heterocycles. The topological polar surface area (TPSA) is 85.6 Å². The first-order chi connectivity index (χ1) is 11.2. The number of aryl methyl sites for hydroxylation is 2. The molecule has 1 N–H and O–H groups in total. The van der Waals surface area contributed by atoms with Gasteiger partial charge in [0, 0.05) is 12.2 Å². The summed E-state index contributed by atoms with van der Waals surface area (Å²) >= 11 is 1.33. The van der Waals surface area contributed by atoms with E-state index in [1.54, 1.807) is 4.68 Å². The molecule has 0 aliphatic heterocycles. The van der Waals surface area contributed by atoms with E-state index in [9.17, 15) is 4.79 Å². The second kappa shape index (κ2) is 6.74. The van der Waals surface area contributed by atoms with Crippen LogP contribution in [0.3, 0.4) is 0 Å². The number of aromatic nitrogens is 5. The monoisotopic (exact) mass is 328 g/mol. The normalized spacial score (nSPS) is 10.9. The third kappa shape index (κ3) is 3.48. The Morgan fingerprint density at radius 2 is 2.22 bits per heavy atom. The number of nitrogens with zero attached hydrogens (tertiary/aromatic N) is 5. The lowest BCUT2D eigenvalue weighted by Gasteiger charge is -2.05. The first-order valence-corrected chi connectivity index (χ1v) is 8.19. The fourth-order valence-corrected chi connectivity index (χ4v) is 2.87. The van der Waals surface area contributed by atoms with E-state index in [-0.39, 0.29) is 11.7 Å². The lowest BCUT2D eigenvalue weighted by atomic mass is 10.2. The van der Waals surface area contributed by atoms with Crippen molar-refractivity contribution >= 4 is 34.5 Å². The first kappa shape index (κ1) is 15.4. The van der Waals surface area contributed by atoms with Crippen LogP contribution in [-0.2, 0) is 11.3 Å². The Hall–Kier alpha value is -2.48. The number of benzene rings is 1. The first-order valence-electron chi connectivity index (χ1n) is 7.21. The Morgan fingerprint density at radius 3 is 3.00 bits per heavy atom. The van der Waals surface area contributed by atoms with Gasteiger partial charge in [0.1, 0.15) is 11.4 Å². The summed E-state index contributed by atoms with van der Waals surface area (Å²) in [5.41, 5.74) is 3.20. The van der Waals surface area contributed by atoms with Crippen LogP contribution in [0.25, 0.3) is 11.2 Å². The highest BCUT2D eigenvalue weighted by molar-refractivity contribution is 8.00. The summed E-state index contributed by atoms with van der Waals surface area (Å²) in [6.45, 7) is 4.64. The predicted molar refractivity (Wildman–Crippen MR) is 89.3 cm³/mol. The van der Waals surface area contributed by atoms with Crippen molar-refractivity contribution in [1.82, 2.24) is 25.0 Å². The van der Waals surface area contributed by atoms with Gasteiger partial charge in [-0.25, -0.2) is 14.6 Å². The van der Waals surface area contributed by atoms with Gasteiger partial charge in [-0.2, -0.15) is 0 Å². The highest BCUT2D eigenvalue weighted by atomic mass is 32.2. The third-order valence-electron chi connectivity index (χ3n) is 3.21. The molecule has 1 amide bonds. The van der Waals surface area contributed by atoms with Crippen LogP contribution in [0.15, 0.2) is 35.6 Å². The quantitative estimate of drug-likeness (QED) is 0.571. The van der Waals surface area contributed by atoms with E-state index in [0.29, 0.717) is 22.7 Å². The second-order valence-electron chi connectivity index (χ2n) is 4.96. The molecule has 3 rings (SSSR count). The number of hydrogen-bond acceptors (Lipinski definition) is 6. The highest BCUT2D eigenvalue weighted by Crippen LogP contribution is 2.22. The summed E-state index contributed by atoms with van der Waals surface area (Å²) < 4.78 is 1.70. The molecular weight excluding hydrogens is 312 g/mol. The molecule has 0 spiro atoms. The molecule has 1 aromatic carbocycles. The summed E-state index contributed by atoms with van der Waals surface area (Å²) in [7, 11) is 0. The van der Waals surface area contributed by atoms with Gasteiger partial charge in [-0.3, -0.25) is 4.79 Å². The highest BCUT2D eigenvalue weighted by Gasteiger charge is 2.13. The molecule has 0 saturated heterocycles. The molecule has 23 heavy (non-hydrogen) atoms. The number of amides is 1. The molecule has 118 valence electrons. The smallest absolute Gasteiger partial charge is 0.234 e. The fraction of sp³-hybridized carbons (Fsp3) is 0.267. The Labute approximate surface area is 137 Å². The SMILES string of the molecule is CCn1nnc2c(SCC(=O)Nc3cccc(C)c3)ncnc21. The molecule has 0 fully saturated rings. The van der Waals surface area contributed by atoms with Gasteiger partial charge in [0.15, 0.2) is 11.2 Å². The van der Waals surface area contributed by atoms with E-state index >= 15 is 0 Å². The minimum absolute atomic E-state index is 0.0877. The van der Waals surface area contributed by atoms with Crippen LogP contribution < -0.4 is 5.32 Å². The molecular formula is C15H16N6OS. The van der Waals surface area contributed by atoms with E-state index in [4.69, 9.17) is 0 Å². The summed E-state index contributed by atoms with van der Waals surface area (Å²) in [6.07, 6.45) is 1.47. The van der Waals surface area contributed by atoms with Crippen molar-refractivity contribution < 1.29 is 4.79 Å². The van der Waals surface area contributed by atoms with Gasteiger partial charge in [-0.1, -0.05) is 29.1 Å². The standard InChI is InChI=1S/C15H16N6OS/c1-3-21-14-13(19-20-21)15(17-9-16-14)23-8-12(22)18-11-6-4-5-10(2)7-11/h4-7,9H,3,8H2,1-2H3,(H,18,22). The van der Waals surface area contributed by atoms with Crippen molar-refractivity contribution in [3.05, 3.63) is 36.2 Å². The maximum absolute atomic E-state index is 12.1. The zero-order valence-electron chi connectivity index (χ0n) is 12.9. The molecule has 3 aromatic rings. The number of hydrogen-bond donors (Lipinski definition) is 1. The number of fused-ring (bicyclic) bond motifs is 1. The van der Waals surface area contributed by atoms with Gasteiger partial charge >= 0.3 is 0 Å². The van der Waals surface area contributed by atoms with E-state index in [0.717, 1.165) is 11.3 Å². The molecule has 2 heterocycles. The van der Waals surface area contributed by atoms with Crippen molar-refractivity contribution in [2.24, 2.45) is 0 Å². The maximum atomic E-state index is 12.1. The summed E-state index contributed by atoms with van der Waals surface area (Å²) in [4.78, 5) is 20.5. The lowest BCUT2D eigenvalue weighted by molar-refractivity contribution is -0.113. The molecule has 0 bridgehead atoms. The van der Waals surface area contributed by atoms with E-state index in [1.807, 2.05) is 38.1 Å². The van der Waals surface area contributed by atoms with Crippen LogP contribution in [-0.4, -0.2) is 36.6 Å². The van der Waals surface area contributed by atoms with Crippen molar-refractivity contribution in [2.75, 3.05) is 11.1 Å². The van der Waals surface area contributed by atoms with Crippen LogP contribution in [0, 0.1) is 6.92 Å². The Morgan fingerprint density at radius 1 is 1.35 bits per heavy atom. The Bertz CT molecular complexity index is 847. The average molecular weight is 328 g/mol. The van der Waals surface area contributed by atoms with Crippen LogP contribution in [0.2, 0.25) is 0 Å². The van der Waals surface area contributed by atoms with Crippen LogP contribution in [0.4, 0.5) is 5.69 Å². The van der Waals surface area contributed by atoms with Crippen molar-refractivity contribution in [1.29, 1.82) is 0 Å². The molecule has 0 atom stereocenters. The van der Waals surface area contributed by atoms with E-state index < -0.39 is 0 Å². The van der Waals surface area contributed by atoms with Gasteiger partial charge in [0.2, 0.25) is 5.91 Å². The number of carbonyl (C=O) groups is 1. The third-order valence-corrected chi connectivity index (χ3v) is 4.19. The van der Waals surface area contributed by atoms with Crippen molar-refractivity contribution in [2.45, 2.75) is 25.4 Å². The molecule has 0 unspecified atom stereocenters. The largest absolute Gasteiger partial charge is 0.325 e. The minimum atomic E-state index is -0.0877. The van der Waals surface area contributed by atoms with Crippen LogP contribution in [0.5, 0.6) is 0 Å². The van der Waals surface area contributed by atoms with Crippen LogP contribution >= 0.6 is 11.8 Å². The molecule has 0 saturated carbocycles. The van der Waals surface area contributed by atoms with Gasteiger partial charge in [-0.15, -0.1) is 5.10 Å². The van der Waals surface area contributed by atoms with Crippen molar-refractivity contribution in [3.63, 3.8) is 0 Å². The van der Waals surface area contributed by atoms with Gasteiger partial charge in [-0.05, 0) is 31.5 Å². The summed E-state index contributed by atoms with van der Waals surface area (Å²) in [5.74, 6) is 0.161. The number of thioether (sulfide) groups is 1. The zero-order valence-corrected chi connectivity index (χ0v) is 13.7. The van der Waals surface area contributed by atoms with Gasteiger partial charge in [0.25, 0.3) is 0 Å². The van der Waals surface area contributed by atoms with E-state index in [1.165, 1.54) is 18.1 Å². The average Bonchev–Trinajstić information content (AvgIpc) is 2.96. The van der Waals surface area contributed by atoms with Crippen molar-refractivity contribution in [3.8, 4) is 0 Å². The number of rotatable bonds is 5. The van der Waals surface area contributed by atoms with Crippen LogP contribution in [0.1, 0.15) is 12.5 Å². The molecule has 8 heteroatoms. The zero-order chi connectivity index (χ0) is 16.2. The Kier molecular flexibility index (Phi) is 4.52. The lowest BCUT2D eigenvalue weighted by Crippen LogP contribution is -2.14. The fourth-order valence-electron chi connectivity index (χ4n) is 2.14. The Balaban J connectivity index is 1.68. The summed E-state index contributed by atoms with van der Waals surface area (Å²) in [6, 6.07) is 7.69. The van der Waals surface area contributed by atoms with Gasteiger partial charge in [0.05, 0.1) is 5.75 Å². The number of carbonyl (C=O) groups excluding carboxylic acids is 1. The molecule has 0 aliphatic carbocycles. The van der Waals surface area contributed by atoms with Gasteiger partial charge < -0.3 is 5.32 Å². The second-order valence-corrected chi connectivity index (χ2v) is 5.93. The number of anilines is 1. The summed E-state index contributed by atoms with van der Waals surface area (Å²) in [5, 5.41) is 11.7. The molecule has 7 nitrogen and oxygen atoms in total. The number of nitrogens with one attached hydrogen (secondary N) is 1. The molecule has 0 aliphatic rings. The minimum Gasteiger partial charge on any atom is -0.325 e. The molecule has 0 radical (unpaired) electrons. The maximum Gasteiger partial charge on any atom is 0.234 e. The predicted octanol–water partition coefficient (Wildman–Crippen LogP) is 2.28. The van der Waals surface area contributed by atoms with E-state index in [2.05, 4.69) is 25.6 Å².